The van der Waals surface area contributed by atoms with E-state index < -0.39 is 18.4 Å². The average Bonchev–Trinajstić information content (AvgIpc) is 2.37. The fourth-order valence-electron chi connectivity index (χ4n) is 1.87. The monoisotopic (exact) mass is 289 g/mol. The smallest absolute Gasteiger partial charge is 0.407 e. The molecule has 1 fully saturated rings. The summed E-state index contributed by atoms with van der Waals surface area (Å²) in [4.78, 5) is 19.5. The minimum Gasteiger partial charge on any atom is -0.471 e. The van der Waals surface area contributed by atoms with Crippen LogP contribution in [0.3, 0.4) is 0 Å². The molecule has 1 aromatic rings. The largest absolute Gasteiger partial charge is 0.471 e. The first kappa shape index (κ1) is 13.8. The number of rotatable bonds is 2. The van der Waals surface area contributed by atoms with Gasteiger partial charge in [0.25, 0.3) is 0 Å². The van der Waals surface area contributed by atoms with Gasteiger partial charge in [0.2, 0.25) is 5.88 Å². The van der Waals surface area contributed by atoms with Gasteiger partial charge in [-0.25, -0.2) is 19.2 Å². The number of aromatic nitrogens is 2. The van der Waals surface area contributed by atoms with E-state index in [-0.39, 0.29) is 30.5 Å². The van der Waals surface area contributed by atoms with Gasteiger partial charge in [-0.3, -0.25) is 0 Å². The first-order valence-corrected chi connectivity index (χ1v) is 6.12. The van der Waals surface area contributed by atoms with Crippen molar-refractivity contribution < 1.29 is 19.0 Å². The Morgan fingerprint density at radius 2 is 2.37 bits per heavy atom. The van der Waals surface area contributed by atoms with Gasteiger partial charge in [-0.1, -0.05) is 11.6 Å². The summed E-state index contributed by atoms with van der Waals surface area (Å²) in [6, 6.07) is 0. The highest BCUT2D eigenvalue weighted by molar-refractivity contribution is 6.30. The Morgan fingerprint density at radius 3 is 3.00 bits per heavy atom. The van der Waals surface area contributed by atoms with Gasteiger partial charge in [0.15, 0.2) is 6.17 Å². The van der Waals surface area contributed by atoms with Gasteiger partial charge < -0.3 is 14.7 Å². The third-order valence-corrected chi connectivity index (χ3v) is 3.37. The molecule has 0 saturated carbocycles. The van der Waals surface area contributed by atoms with Crippen molar-refractivity contribution >= 4 is 17.7 Å². The highest BCUT2D eigenvalue weighted by atomic mass is 35.5. The van der Waals surface area contributed by atoms with E-state index in [1.165, 1.54) is 6.33 Å². The predicted molar refractivity (Wildman–Crippen MR) is 65.3 cm³/mol. The molecule has 2 heterocycles. The van der Waals surface area contributed by atoms with E-state index in [0.717, 1.165) is 4.90 Å². The Labute approximate surface area is 114 Å². The summed E-state index contributed by atoms with van der Waals surface area (Å²) in [6.07, 6.45) is -1.72. The van der Waals surface area contributed by atoms with Crippen LogP contribution >= 0.6 is 11.6 Å². The molecule has 0 bridgehead atoms. The van der Waals surface area contributed by atoms with Crippen molar-refractivity contribution in [2.24, 2.45) is 0 Å². The van der Waals surface area contributed by atoms with E-state index in [2.05, 4.69) is 9.97 Å². The van der Waals surface area contributed by atoms with E-state index in [1.54, 1.807) is 6.92 Å². The van der Waals surface area contributed by atoms with Crippen molar-refractivity contribution in [2.75, 3.05) is 13.1 Å². The Balaban J connectivity index is 2.04. The SMILES string of the molecule is Cc1c(Cl)ncnc1O[C@H]1CCN(C(=O)O)CC1F. The fourth-order valence-corrected chi connectivity index (χ4v) is 1.99. The fraction of sp³-hybridized carbons (Fsp3) is 0.545. The first-order valence-electron chi connectivity index (χ1n) is 5.74. The number of carboxylic acid groups (broad SMARTS) is 1. The number of amides is 1. The Bertz CT molecular complexity index is 488. The van der Waals surface area contributed by atoms with E-state index >= 15 is 0 Å². The number of hydrogen-bond acceptors (Lipinski definition) is 4. The summed E-state index contributed by atoms with van der Waals surface area (Å²) in [5.41, 5.74) is 0.539. The second kappa shape index (κ2) is 5.56. The minimum atomic E-state index is -1.39. The molecule has 0 spiro atoms. The molecule has 2 rings (SSSR count). The normalized spacial score (nSPS) is 23.2. The van der Waals surface area contributed by atoms with Crippen molar-refractivity contribution in [1.29, 1.82) is 0 Å². The zero-order chi connectivity index (χ0) is 14.0. The number of hydrogen-bond donors (Lipinski definition) is 1. The molecule has 1 amide bonds. The van der Waals surface area contributed by atoms with Crippen LogP contribution in [0.2, 0.25) is 5.15 Å². The molecule has 8 heteroatoms. The van der Waals surface area contributed by atoms with Gasteiger partial charge in [0.05, 0.1) is 6.54 Å². The molecule has 2 atom stereocenters. The summed E-state index contributed by atoms with van der Waals surface area (Å²) in [5, 5.41) is 9.05. The van der Waals surface area contributed by atoms with Crippen molar-refractivity contribution in [3.63, 3.8) is 0 Å². The Hall–Kier alpha value is -1.63. The van der Waals surface area contributed by atoms with Gasteiger partial charge in [-0.2, -0.15) is 0 Å². The van der Waals surface area contributed by atoms with E-state index in [9.17, 15) is 9.18 Å². The highest BCUT2D eigenvalue weighted by Gasteiger charge is 2.33. The van der Waals surface area contributed by atoms with Crippen LogP contribution in [0.1, 0.15) is 12.0 Å². The summed E-state index contributed by atoms with van der Waals surface area (Å²) in [5.74, 6) is 0.233. The predicted octanol–water partition coefficient (Wildman–Crippen LogP) is 1.91. The van der Waals surface area contributed by atoms with Gasteiger partial charge in [-0.15, -0.1) is 0 Å². The van der Waals surface area contributed by atoms with Crippen LogP contribution in [0.25, 0.3) is 0 Å². The topological polar surface area (TPSA) is 75.6 Å². The maximum absolute atomic E-state index is 13.9. The third kappa shape index (κ3) is 3.04. The quantitative estimate of drug-likeness (QED) is 0.842. The Kier molecular flexibility index (Phi) is 4.04. The molecule has 1 aliphatic rings. The van der Waals surface area contributed by atoms with E-state index in [1.807, 2.05) is 0 Å². The van der Waals surface area contributed by atoms with Crippen LogP contribution in [-0.4, -0.2) is 51.4 Å². The summed E-state index contributed by atoms with van der Waals surface area (Å²) in [6.45, 7) is 1.72. The number of piperidine rings is 1. The average molecular weight is 290 g/mol. The second-order valence-electron chi connectivity index (χ2n) is 4.28. The van der Waals surface area contributed by atoms with Crippen molar-refractivity contribution in [3.8, 4) is 5.88 Å². The molecule has 1 saturated heterocycles. The number of nitrogens with zero attached hydrogens (tertiary/aromatic N) is 3. The lowest BCUT2D eigenvalue weighted by atomic mass is 10.1. The standard InChI is InChI=1S/C11H13ClFN3O3/c1-6-9(12)14-5-15-10(6)19-8-2-3-16(11(17)18)4-7(8)13/h5,7-8H,2-4H2,1H3,(H,17,18)/t7?,8-/m0/s1. The van der Waals surface area contributed by atoms with E-state index in [0.29, 0.717) is 5.56 Å². The molecular weight excluding hydrogens is 277 g/mol. The zero-order valence-corrected chi connectivity index (χ0v) is 11.0. The van der Waals surface area contributed by atoms with Crippen LogP contribution in [0, 0.1) is 6.92 Å². The maximum Gasteiger partial charge on any atom is 0.407 e. The van der Waals surface area contributed by atoms with Crippen LogP contribution < -0.4 is 4.74 Å². The molecule has 1 N–H and O–H groups in total. The van der Waals surface area contributed by atoms with Gasteiger partial charge >= 0.3 is 6.09 Å². The van der Waals surface area contributed by atoms with Crippen LogP contribution in [-0.2, 0) is 0 Å². The van der Waals surface area contributed by atoms with Gasteiger partial charge in [0.1, 0.15) is 17.6 Å². The lowest BCUT2D eigenvalue weighted by molar-refractivity contribution is 0.0222. The third-order valence-electron chi connectivity index (χ3n) is 2.99. The molecular formula is C11H13ClFN3O3. The molecule has 1 aromatic heterocycles. The van der Waals surface area contributed by atoms with Crippen molar-refractivity contribution in [2.45, 2.75) is 25.6 Å². The lowest BCUT2D eigenvalue weighted by Crippen LogP contribution is -2.48. The van der Waals surface area contributed by atoms with Crippen molar-refractivity contribution in [1.82, 2.24) is 14.9 Å². The molecule has 104 valence electrons. The van der Waals surface area contributed by atoms with Gasteiger partial charge in [-0.05, 0) is 6.92 Å². The summed E-state index contributed by atoms with van der Waals surface area (Å²) in [7, 11) is 0. The molecule has 19 heavy (non-hydrogen) atoms. The summed E-state index contributed by atoms with van der Waals surface area (Å²) < 4.78 is 19.3. The molecule has 0 aliphatic carbocycles. The maximum atomic E-state index is 13.9. The lowest BCUT2D eigenvalue weighted by Gasteiger charge is -2.32. The summed E-state index contributed by atoms with van der Waals surface area (Å²) >= 11 is 5.82. The number of carbonyl (C=O) groups is 1. The Morgan fingerprint density at radius 1 is 1.63 bits per heavy atom. The van der Waals surface area contributed by atoms with Crippen LogP contribution in [0.15, 0.2) is 6.33 Å². The number of ether oxygens (including phenoxy) is 1. The number of alkyl halides is 1. The molecule has 1 unspecified atom stereocenters. The number of likely N-dealkylation sites (tertiary alicyclic amines) is 1. The second-order valence-corrected chi connectivity index (χ2v) is 4.64. The van der Waals surface area contributed by atoms with Crippen molar-refractivity contribution in [3.05, 3.63) is 17.0 Å². The van der Waals surface area contributed by atoms with Gasteiger partial charge in [0, 0.05) is 18.5 Å². The first-order chi connectivity index (χ1) is 8.99. The van der Waals surface area contributed by atoms with Crippen LogP contribution in [0.4, 0.5) is 9.18 Å². The number of halogens is 2. The van der Waals surface area contributed by atoms with Crippen LogP contribution in [0.5, 0.6) is 5.88 Å². The highest BCUT2D eigenvalue weighted by Crippen LogP contribution is 2.25. The molecule has 0 radical (unpaired) electrons. The van der Waals surface area contributed by atoms with E-state index in [4.69, 9.17) is 21.4 Å². The molecule has 0 aromatic carbocycles. The molecule has 6 nitrogen and oxygen atoms in total. The minimum absolute atomic E-state index is 0.197. The molecule has 1 aliphatic heterocycles. The zero-order valence-electron chi connectivity index (χ0n) is 10.2.